The van der Waals surface area contributed by atoms with E-state index in [1.807, 2.05) is 0 Å². The van der Waals surface area contributed by atoms with E-state index in [1.54, 1.807) is 0 Å². The Morgan fingerprint density at radius 1 is 1.07 bits per heavy atom. The second-order valence-corrected chi connectivity index (χ2v) is 5.25. The Morgan fingerprint density at radius 2 is 1.87 bits per heavy atom. The van der Waals surface area contributed by atoms with Crippen molar-refractivity contribution in [1.29, 1.82) is 0 Å². The molecule has 2 nitrogen and oxygen atoms in total. The van der Waals surface area contributed by atoms with Crippen molar-refractivity contribution in [2.24, 2.45) is 5.92 Å². The molecule has 0 aliphatic heterocycles. The summed E-state index contributed by atoms with van der Waals surface area (Å²) < 4.78 is 5.95. The third-order valence-corrected chi connectivity index (χ3v) is 4.00. The molecule has 2 rings (SSSR count). The summed E-state index contributed by atoms with van der Waals surface area (Å²) in [5.74, 6) is 0.780. The van der Waals surface area contributed by atoms with Gasteiger partial charge in [0.2, 0.25) is 0 Å². The number of ether oxygens (including phenoxy) is 1. The molecule has 2 heteroatoms. The van der Waals surface area contributed by atoms with E-state index in [9.17, 15) is 0 Å². The fourth-order valence-corrected chi connectivity index (χ4v) is 2.62. The Balaban J connectivity index is 1.52. The van der Waals surface area contributed by atoms with Gasteiger partial charge in [0.1, 0.15) is 0 Å². The van der Waals surface area contributed by atoms with Gasteiger partial charge >= 0.3 is 0 Å². The van der Waals surface area contributed by atoms with Gasteiger partial charge in [-0.25, -0.2) is 0 Å². The smallest absolute Gasteiger partial charge is 0.0601 e. The van der Waals surface area contributed by atoms with Gasteiger partial charge < -0.3 is 10.1 Å². The molecule has 0 radical (unpaired) electrons. The van der Waals surface area contributed by atoms with Crippen LogP contribution >= 0.6 is 0 Å². The predicted molar refractivity (Wildman–Crippen MR) is 63.0 cm³/mol. The molecule has 15 heavy (non-hydrogen) atoms. The van der Waals surface area contributed by atoms with E-state index >= 15 is 0 Å². The Bertz CT molecular complexity index is 179. The fourth-order valence-electron chi connectivity index (χ4n) is 2.62. The van der Waals surface area contributed by atoms with E-state index in [0.29, 0.717) is 6.10 Å². The molecule has 2 fully saturated rings. The van der Waals surface area contributed by atoms with Crippen LogP contribution in [0, 0.1) is 5.92 Å². The molecule has 0 aromatic rings. The summed E-state index contributed by atoms with van der Waals surface area (Å²) in [6.07, 6.45) is 10.1. The molecule has 2 unspecified atom stereocenters. The molecule has 0 amide bonds. The molecule has 0 aromatic carbocycles. The zero-order valence-electron chi connectivity index (χ0n) is 10.0. The summed E-state index contributed by atoms with van der Waals surface area (Å²) >= 11 is 0. The first-order valence-electron chi connectivity index (χ1n) is 6.71. The SMILES string of the molecule is CC1CCCCC1OCCNC1CCC1. The zero-order chi connectivity index (χ0) is 10.5. The van der Waals surface area contributed by atoms with Gasteiger partial charge in [-0.2, -0.15) is 0 Å². The summed E-state index contributed by atoms with van der Waals surface area (Å²) in [5.41, 5.74) is 0. The van der Waals surface area contributed by atoms with Crippen molar-refractivity contribution in [2.75, 3.05) is 13.2 Å². The molecule has 0 aromatic heterocycles. The number of rotatable bonds is 5. The maximum atomic E-state index is 5.95. The first-order chi connectivity index (χ1) is 7.36. The lowest BCUT2D eigenvalue weighted by Crippen LogP contribution is -2.38. The Hall–Kier alpha value is -0.0800. The minimum absolute atomic E-state index is 0.543. The van der Waals surface area contributed by atoms with E-state index in [2.05, 4.69) is 12.2 Å². The molecule has 2 aliphatic carbocycles. The first-order valence-corrected chi connectivity index (χ1v) is 6.71. The van der Waals surface area contributed by atoms with Gasteiger partial charge in [0, 0.05) is 12.6 Å². The Kier molecular flexibility index (Phi) is 4.45. The van der Waals surface area contributed by atoms with E-state index < -0.39 is 0 Å². The van der Waals surface area contributed by atoms with Gasteiger partial charge in [-0.15, -0.1) is 0 Å². The van der Waals surface area contributed by atoms with E-state index in [1.165, 1.54) is 44.9 Å². The second-order valence-electron chi connectivity index (χ2n) is 5.25. The van der Waals surface area contributed by atoms with Crippen LogP contribution in [0.15, 0.2) is 0 Å². The third kappa shape index (κ3) is 3.46. The van der Waals surface area contributed by atoms with Crippen LogP contribution in [0.2, 0.25) is 0 Å². The minimum Gasteiger partial charge on any atom is -0.377 e. The summed E-state index contributed by atoms with van der Waals surface area (Å²) in [4.78, 5) is 0. The Labute approximate surface area is 93.8 Å². The monoisotopic (exact) mass is 211 g/mol. The van der Waals surface area contributed by atoms with Crippen molar-refractivity contribution in [3.05, 3.63) is 0 Å². The maximum absolute atomic E-state index is 5.95. The standard InChI is InChI=1S/C13H25NO/c1-11-5-2-3-8-13(11)15-10-9-14-12-6-4-7-12/h11-14H,2-10H2,1H3. The van der Waals surface area contributed by atoms with Gasteiger partial charge in [-0.1, -0.05) is 26.2 Å². The van der Waals surface area contributed by atoms with Gasteiger partial charge in [-0.05, 0) is 31.6 Å². The molecule has 2 atom stereocenters. The topological polar surface area (TPSA) is 21.3 Å². The predicted octanol–water partition coefficient (Wildman–Crippen LogP) is 2.72. The van der Waals surface area contributed by atoms with Crippen molar-refractivity contribution in [2.45, 2.75) is 64.0 Å². The quantitative estimate of drug-likeness (QED) is 0.706. The minimum atomic E-state index is 0.543. The average molecular weight is 211 g/mol. The highest BCUT2D eigenvalue weighted by Gasteiger charge is 2.21. The third-order valence-electron chi connectivity index (χ3n) is 4.00. The van der Waals surface area contributed by atoms with Gasteiger partial charge in [0.25, 0.3) is 0 Å². The van der Waals surface area contributed by atoms with Crippen LogP contribution in [0.25, 0.3) is 0 Å². The van der Waals surface area contributed by atoms with Crippen LogP contribution in [0.1, 0.15) is 51.9 Å². The first kappa shape index (κ1) is 11.4. The number of nitrogens with one attached hydrogen (secondary N) is 1. The molecular weight excluding hydrogens is 186 g/mol. The van der Waals surface area contributed by atoms with Gasteiger partial charge in [0.15, 0.2) is 0 Å². The average Bonchev–Trinajstić information content (AvgIpc) is 2.17. The highest BCUT2D eigenvalue weighted by Crippen LogP contribution is 2.26. The van der Waals surface area contributed by atoms with Crippen LogP contribution in [0.3, 0.4) is 0 Å². The lowest BCUT2D eigenvalue weighted by molar-refractivity contribution is -0.00451. The van der Waals surface area contributed by atoms with Crippen LogP contribution in [0.4, 0.5) is 0 Å². The fraction of sp³-hybridized carbons (Fsp3) is 1.00. The zero-order valence-corrected chi connectivity index (χ0v) is 10.0. The summed E-state index contributed by atoms with van der Waals surface area (Å²) in [7, 11) is 0. The summed E-state index contributed by atoms with van der Waals surface area (Å²) in [6, 6.07) is 0.803. The molecule has 2 saturated carbocycles. The van der Waals surface area contributed by atoms with Crippen molar-refractivity contribution in [3.63, 3.8) is 0 Å². The van der Waals surface area contributed by atoms with Crippen LogP contribution in [-0.4, -0.2) is 25.3 Å². The largest absolute Gasteiger partial charge is 0.377 e. The van der Waals surface area contributed by atoms with Crippen LogP contribution in [-0.2, 0) is 4.74 Å². The molecule has 2 aliphatic rings. The molecule has 0 bridgehead atoms. The lowest BCUT2D eigenvalue weighted by Gasteiger charge is -2.30. The highest BCUT2D eigenvalue weighted by molar-refractivity contribution is 4.76. The van der Waals surface area contributed by atoms with Gasteiger partial charge in [-0.3, -0.25) is 0 Å². The van der Waals surface area contributed by atoms with Crippen molar-refractivity contribution in [1.82, 2.24) is 5.32 Å². The van der Waals surface area contributed by atoms with Crippen LogP contribution < -0.4 is 5.32 Å². The Morgan fingerprint density at radius 3 is 2.53 bits per heavy atom. The maximum Gasteiger partial charge on any atom is 0.0601 e. The molecule has 1 N–H and O–H groups in total. The second kappa shape index (κ2) is 5.86. The van der Waals surface area contributed by atoms with E-state index in [-0.39, 0.29) is 0 Å². The normalized spacial score (nSPS) is 32.6. The van der Waals surface area contributed by atoms with Crippen LogP contribution in [0.5, 0.6) is 0 Å². The molecule has 0 heterocycles. The summed E-state index contributed by atoms with van der Waals surface area (Å²) in [5, 5.41) is 3.55. The highest BCUT2D eigenvalue weighted by atomic mass is 16.5. The van der Waals surface area contributed by atoms with Crippen molar-refractivity contribution < 1.29 is 4.74 Å². The summed E-state index contributed by atoms with van der Waals surface area (Å²) in [6.45, 7) is 4.29. The molecular formula is C13H25NO. The molecule has 88 valence electrons. The lowest BCUT2D eigenvalue weighted by atomic mass is 9.88. The number of hydrogen-bond acceptors (Lipinski definition) is 2. The van der Waals surface area contributed by atoms with E-state index in [4.69, 9.17) is 4.74 Å². The molecule has 0 spiro atoms. The van der Waals surface area contributed by atoms with Crippen molar-refractivity contribution in [3.8, 4) is 0 Å². The van der Waals surface area contributed by atoms with Crippen molar-refractivity contribution >= 4 is 0 Å². The number of hydrogen-bond donors (Lipinski definition) is 1. The van der Waals surface area contributed by atoms with E-state index in [0.717, 1.165) is 25.1 Å². The van der Waals surface area contributed by atoms with Gasteiger partial charge in [0.05, 0.1) is 12.7 Å². The molecule has 0 saturated heterocycles.